The molecule has 0 bridgehead atoms. The van der Waals surface area contributed by atoms with E-state index in [0.29, 0.717) is 13.0 Å². The van der Waals surface area contributed by atoms with Gasteiger partial charge in [-0.15, -0.1) is 0 Å². The number of carbonyl (C=O) groups excluding carboxylic acids is 1. The van der Waals surface area contributed by atoms with Crippen LogP contribution >= 0.6 is 0 Å². The summed E-state index contributed by atoms with van der Waals surface area (Å²) in [4.78, 5) is 11.8. The van der Waals surface area contributed by atoms with E-state index in [2.05, 4.69) is 37.4 Å². The normalized spacial score (nSPS) is 18.5. The third-order valence-electron chi connectivity index (χ3n) is 3.76. The van der Waals surface area contributed by atoms with Crippen molar-refractivity contribution < 1.29 is 9.53 Å². The van der Waals surface area contributed by atoms with E-state index >= 15 is 0 Å². The Balaban J connectivity index is 1.71. The first kappa shape index (κ1) is 14.1. The van der Waals surface area contributed by atoms with Crippen LogP contribution in [0.2, 0.25) is 0 Å². The summed E-state index contributed by atoms with van der Waals surface area (Å²) in [7, 11) is 0. The van der Waals surface area contributed by atoms with Gasteiger partial charge >= 0.3 is 0 Å². The van der Waals surface area contributed by atoms with Crippen molar-refractivity contribution >= 4 is 5.91 Å². The van der Waals surface area contributed by atoms with Crippen LogP contribution in [0.5, 0.6) is 0 Å². The molecular weight excluding hydrogens is 238 g/mol. The van der Waals surface area contributed by atoms with Crippen molar-refractivity contribution in [2.45, 2.75) is 45.6 Å². The highest BCUT2D eigenvalue weighted by atomic mass is 16.5. The molecule has 1 aromatic rings. The number of hydrogen-bond donors (Lipinski definition) is 1. The molecule has 19 heavy (non-hydrogen) atoms. The van der Waals surface area contributed by atoms with Gasteiger partial charge in [0.05, 0.1) is 6.10 Å². The van der Waals surface area contributed by atoms with Crippen LogP contribution in [0, 0.1) is 13.8 Å². The van der Waals surface area contributed by atoms with Gasteiger partial charge in [0.15, 0.2) is 0 Å². The lowest BCUT2D eigenvalue weighted by Gasteiger charge is -2.11. The van der Waals surface area contributed by atoms with Crippen molar-refractivity contribution in [1.82, 2.24) is 5.32 Å². The first-order chi connectivity index (χ1) is 9.15. The zero-order valence-electron chi connectivity index (χ0n) is 11.9. The minimum Gasteiger partial charge on any atom is -0.376 e. The molecule has 1 atom stereocenters. The van der Waals surface area contributed by atoms with Gasteiger partial charge in [0.1, 0.15) is 0 Å². The highest BCUT2D eigenvalue weighted by molar-refractivity contribution is 5.76. The topological polar surface area (TPSA) is 38.3 Å². The zero-order chi connectivity index (χ0) is 13.7. The van der Waals surface area contributed by atoms with Gasteiger partial charge < -0.3 is 10.1 Å². The lowest BCUT2D eigenvalue weighted by molar-refractivity contribution is -0.121. The fourth-order valence-corrected chi connectivity index (χ4v) is 2.34. The van der Waals surface area contributed by atoms with E-state index in [4.69, 9.17) is 4.74 Å². The standard InChI is InChI=1S/C16H23NO2/c1-12-5-6-14(10-13(12)2)7-8-16(18)17-11-15-4-3-9-19-15/h5-6,10,15H,3-4,7-9,11H2,1-2H3,(H,17,18)/t15-/m0/s1. The molecular formula is C16H23NO2. The molecule has 1 aliphatic rings. The summed E-state index contributed by atoms with van der Waals surface area (Å²) in [5.41, 5.74) is 3.82. The van der Waals surface area contributed by atoms with Crippen molar-refractivity contribution in [3.8, 4) is 0 Å². The molecule has 1 heterocycles. The van der Waals surface area contributed by atoms with E-state index in [0.717, 1.165) is 25.9 Å². The average molecular weight is 261 g/mol. The third kappa shape index (κ3) is 4.35. The summed E-state index contributed by atoms with van der Waals surface area (Å²) in [5, 5.41) is 2.96. The van der Waals surface area contributed by atoms with Crippen molar-refractivity contribution in [2.75, 3.05) is 13.2 Å². The van der Waals surface area contributed by atoms with Gasteiger partial charge in [-0.25, -0.2) is 0 Å². The number of amides is 1. The van der Waals surface area contributed by atoms with Crippen LogP contribution in [0.25, 0.3) is 0 Å². The number of aryl methyl sites for hydroxylation is 3. The number of carbonyl (C=O) groups is 1. The summed E-state index contributed by atoms with van der Waals surface area (Å²) in [6, 6.07) is 6.40. The molecule has 0 aliphatic carbocycles. The minimum atomic E-state index is 0.119. The summed E-state index contributed by atoms with van der Waals surface area (Å²) >= 11 is 0. The number of hydrogen-bond acceptors (Lipinski definition) is 2. The van der Waals surface area contributed by atoms with E-state index in [-0.39, 0.29) is 12.0 Å². The van der Waals surface area contributed by atoms with Crippen molar-refractivity contribution in [3.05, 3.63) is 34.9 Å². The van der Waals surface area contributed by atoms with Gasteiger partial charge in [-0.3, -0.25) is 4.79 Å². The molecule has 1 N–H and O–H groups in total. The van der Waals surface area contributed by atoms with Crippen LogP contribution in [-0.4, -0.2) is 25.2 Å². The molecule has 3 nitrogen and oxygen atoms in total. The van der Waals surface area contributed by atoms with E-state index in [1.807, 2.05) is 0 Å². The molecule has 1 saturated heterocycles. The van der Waals surface area contributed by atoms with Gasteiger partial charge in [0.2, 0.25) is 5.91 Å². The fraction of sp³-hybridized carbons (Fsp3) is 0.562. The molecule has 0 aromatic heterocycles. The predicted molar refractivity (Wildman–Crippen MR) is 76.2 cm³/mol. The Morgan fingerprint density at radius 3 is 2.89 bits per heavy atom. The van der Waals surface area contributed by atoms with Crippen LogP contribution in [-0.2, 0) is 16.0 Å². The minimum absolute atomic E-state index is 0.119. The highest BCUT2D eigenvalue weighted by Gasteiger charge is 2.15. The van der Waals surface area contributed by atoms with Gasteiger partial charge in [0.25, 0.3) is 0 Å². The van der Waals surface area contributed by atoms with E-state index in [1.165, 1.54) is 16.7 Å². The Labute approximate surface area is 115 Å². The third-order valence-corrected chi connectivity index (χ3v) is 3.76. The molecule has 0 unspecified atom stereocenters. The maximum Gasteiger partial charge on any atom is 0.220 e. The summed E-state index contributed by atoms with van der Waals surface area (Å²) in [6.07, 6.45) is 3.76. The summed E-state index contributed by atoms with van der Waals surface area (Å²) < 4.78 is 5.48. The van der Waals surface area contributed by atoms with Gasteiger partial charge in [-0.05, 0) is 49.8 Å². The second kappa shape index (κ2) is 6.71. The Morgan fingerprint density at radius 1 is 1.37 bits per heavy atom. The van der Waals surface area contributed by atoms with Crippen LogP contribution in [0.15, 0.2) is 18.2 Å². The lowest BCUT2D eigenvalue weighted by Crippen LogP contribution is -2.31. The van der Waals surface area contributed by atoms with Crippen LogP contribution in [0.4, 0.5) is 0 Å². The van der Waals surface area contributed by atoms with Gasteiger partial charge in [0, 0.05) is 19.6 Å². The molecule has 0 radical (unpaired) electrons. The van der Waals surface area contributed by atoms with Gasteiger partial charge in [-0.1, -0.05) is 18.2 Å². The first-order valence-electron chi connectivity index (χ1n) is 7.09. The maximum atomic E-state index is 11.8. The Hall–Kier alpha value is -1.35. The molecule has 104 valence electrons. The van der Waals surface area contributed by atoms with E-state index in [9.17, 15) is 4.79 Å². The molecule has 0 saturated carbocycles. The Morgan fingerprint density at radius 2 is 2.21 bits per heavy atom. The van der Waals surface area contributed by atoms with E-state index < -0.39 is 0 Å². The monoisotopic (exact) mass is 261 g/mol. The molecule has 1 aliphatic heterocycles. The molecule has 1 fully saturated rings. The first-order valence-corrected chi connectivity index (χ1v) is 7.09. The van der Waals surface area contributed by atoms with Crippen molar-refractivity contribution in [1.29, 1.82) is 0 Å². The smallest absolute Gasteiger partial charge is 0.220 e. The molecule has 0 spiro atoms. The molecule has 1 amide bonds. The second-order valence-electron chi connectivity index (χ2n) is 5.36. The van der Waals surface area contributed by atoms with Crippen molar-refractivity contribution in [3.63, 3.8) is 0 Å². The Kier molecular flexibility index (Phi) is 4.97. The molecule has 2 rings (SSSR count). The van der Waals surface area contributed by atoms with Crippen LogP contribution < -0.4 is 5.32 Å². The average Bonchev–Trinajstić information content (AvgIpc) is 2.91. The second-order valence-corrected chi connectivity index (χ2v) is 5.36. The number of benzene rings is 1. The molecule has 3 heteroatoms. The predicted octanol–water partition coefficient (Wildman–Crippen LogP) is 2.53. The molecule has 1 aromatic carbocycles. The fourth-order valence-electron chi connectivity index (χ4n) is 2.34. The zero-order valence-corrected chi connectivity index (χ0v) is 11.9. The number of rotatable bonds is 5. The quantitative estimate of drug-likeness (QED) is 0.884. The number of nitrogens with one attached hydrogen (secondary N) is 1. The summed E-state index contributed by atoms with van der Waals surface area (Å²) in [6.45, 7) is 5.71. The van der Waals surface area contributed by atoms with Crippen LogP contribution in [0.3, 0.4) is 0 Å². The highest BCUT2D eigenvalue weighted by Crippen LogP contribution is 2.12. The van der Waals surface area contributed by atoms with E-state index in [1.54, 1.807) is 0 Å². The maximum absolute atomic E-state index is 11.8. The SMILES string of the molecule is Cc1ccc(CCC(=O)NC[C@@H]2CCCO2)cc1C. The lowest BCUT2D eigenvalue weighted by atomic mass is 10.0. The Bertz CT molecular complexity index is 436. The van der Waals surface area contributed by atoms with Crippen molar-refractivity contribution in [2.24, 2.45) is 0 Å². The largest absolute Gasteiger partial charge is 0.376 e. The van der Waals surface area contributed by atoms with Crippen LogP contribution in [0.1, 0.15) is 36.0 Å². The number of ether oxygens (including phenoxy) is 1. The summed E-state index contributed by atoms with van der Waals surface area (Å²) in [5.74, 6) is 0.119. The van der Waals surface area contributed by atoms with Gasteiger partial charge in [-0.2, -0.15) is 0 Å².